The third kappa shape index (κ3) is 4.71. The van der Waals surface area contributed by atoms with Crippen LogP contribution < -0.4 is 4.74 Å². The zero-order valence-electron chi connectivity index (χ0n) is 8.70. The molecule has 0 saturated heterocycles. The minimum Gasteiger partial charge on any atom is -0.481 e. The molecule has 0 saturated carbocycles. The van der Waals surface area contributed by atoms with Crippen LogP contribution in [-0.2, 0) is 11.0 Å². The van der Waals surface area contributed by atoms with E-state index in [1.807, 2.05) is 0 Å². The van der Waals surface area contributed by atoms with Gasteiger partial charge in [0, 0.05) is 18.7 Å². The van der Waals surface area contributed by atoms with Crippen molar-refractivity contribution in [2.24, 2.45) is 0 Å². The van der Waals surface area contributed by atoms with E-state index < -0.39 is 17.7 Å². The molecule has 0 aliphatic heterocycles. The van der Waals surface area contributed by atoms with E-state index in [4.69, 9.17) is 9.84 Å². The molecule has 0 amide bonds. The number of hydrogen-bond donors (Lipinski definition) is 1. The lowest BCUT2D eigenvalue weighted by atomic mass is 10.3. The van der Waals surface area contributed by atoms with Crippen molar-refractivity contribution in [3.63, 3.8) is 0 Å². The van der Waals surface area contributed by atoms with E-state index >= 15 is 0 Å². The highest BCUT2D eigenvalue weighted by Crippen LogP contribution is 2.29. The van der Waals surface area contributed by atoms with Gasteiger partial charge >= 0.3 is 12.1 Å². The molecule has 0 fully saturated rings. The van der Waals surface area contributed by atoms with Crippen LogP contribution in [-0.4, -0.2) is 22.7 Å². The fourth-order valence-electron chi connectivity index (χ4n) is 1.03. The Labute approximate surface area is 95.0 Å². The van der Waals surface area contributed by atoms with Crippen LogP contribution in [0, 0.1) is 0 Å². The fraction of sp³-hybridized carbons (Fsp3) is 0.400. The number of hydrogen-bond acceptors (Lipinski definition) is 3. The molecule has 94 valence electrons. The summed E-state index contributed by atoms with van der Waals surface area (Å²) in [5, 5.41) is 8.34. The normalized spacial score (nSPS) is 11.2. The molecule has 4 nitrogen and oxygen atoms in total. The first kappa shape index (κ1) is 13.3. The summed E-state index contributed by atoms with van der Waals surface area (Å²) in [4.78, 5) is 13.6. The number of pyridine rings is 1. The number of rotatable bonds is 5. The number of carbonyl (C=O) groups is 1. The van der Waals surface area contributed by atoms with Crippen molar-refractivity contribution in [2.45, 2.75) is 19.0 Å². The summed E-state index contributed by atoms with van der Waals surface area (Å²) in [7, 11) is 0. The second-order valence-corrected chi connectivity index (χ2v) is 3.23. The molecule has 0 bridgehead atoms. The molecule has 0 aliphatic rings. The summed E-state index contributed by atoms with van der Waals surface area (Å²) < 4.78 is 41.5. The molecule has 1 aromatic rings. The lowest BCUT2D eigenvalue weighted by molar-refractivity contribution is -0.138. The standard InChI is InChI=1S/C10H10F3NO3/c11-10(12,13)7-3-4-8(14-6-7)17-5-1-2-9(15)16/h3-4,6H,1-2,5H2,(H,15,16). The molecular weight excluding hydrogens is 239 g/mol. The van der Waals surface area contributed by atoms with Crippen LogP contribution in [0.15, 0.2) is 18.3 Å². The SMILES string of the molecule is O=C(O)CCCOc1ccc(C(F)(F)F)cn1. The molecule has 0 spiro atoms. The Kier molecular flexibility index (Phi) is 4.30. The zero-order chi connectivity index (χ0) is 12.9. The highest BCUT2D eigenvalue weighted by atomic mass is 19.4. The van der Waals surface area contributed by atoms with Gasteiger partial charge in [-0.15, -0.1) is 0 Å². The minimum absolute atomic E-state index is 0.0448. The van der Waals surface area contributed by atoms with E-state index in [9.17, 15) is 18.0 Å². The molecule has 7 heteroatoms. The van der Waals surface area contributed by atoms with Crippen LogP contribution in [0.3, 0.4) is 0 Å². The fourth-order valence-corrected chi connectivity index (χ4v) is 1.03. The highest BCUT2D eigenvalue weighted by Gasteiger charge is 2.30. The number of nitrogens with zero attached hydrogens (tertiary/aromatic N) is 1. The van der Waals surface area contributed by atoms with Gasteiger partial charge in [-0.2, -0.15) is 13.2 Å². The van der Waals surface area contributed by atoms with Crippen LogP contribution in [0.4, 0.5) is 13.2 Å². The molecule has 17 heavy (non-hydrogen) atoms. The van der Waals surface area contributed by atoms with Gasteiger partial charge in [0.2, 0.25) is 5.88 Å². The maximum atomic E-state index is 12.2. The molecule has 0 unspecified atom stereocenters. The summed E-state index contributed by atoms with van der Waals surface area (Å²) >= 11 is 0. The van der Waals surface area contributed by atoms with Crippen LogP contribution in [0.1, 0.15) is 18.4 Å². The Balaban J connectivity index is 2.43. The van der Waals surface area contributed by atoms with Crippen molar-refractivity contribution in [1.29, 1.82) is 0 Å². The van der Waals surface area contributed by atoms with Crippen molar-refractivity contribution >= 4 is 5.97 Å². The number of carboxylic acid groups (broad SMARTS) is 1. The van der Waals surface area contributed by atoms with Gasteiger partial charge < -0.3 is 9.84 Å². The average molecular weight is 249 g/mol. The molecule has 0 radical (unpaired) electrons. The number of halogens is 3. The van der Waals surface area contributed by atoms with E-state index in [2.05, 4.69) is 4.98 Å². The Morgan fingerprint density at radius 3 is 2.59 bits per heavy atom. The minimum atomic E-state index is -4.42. The first-order valence-electron chi connectivity index (χ1n) is 4.77. The van der Waals surface area contributed by atoms with Gasteiger partial charge in [-0.1, -0.05) is 0 Å². The number of ether oxygens (including phenoxy) is 1. The maximum Gasteiger partial charge on any atom is 0.417 e. The predicted octanol–water partition coefficient (Wildman–Crippen LogP) is 2.34. The monoisotopic (exact) mass is 249 g/mol. The summed E-state index contributed by atoms with van der Waals surface area (Å²) in [6.07, 6.45) is -3.53. The topological polar surface area (TPSA) is 59.4 Å². The maximum absolute atomic E-state index is 12.2. The summed E-state index contributed by atoms with van der Waals surface area (Å²) in [5.74, 6) is -0.905. The van der Waals surface area contributed by atoms with E-state index in [-0.39, 0.29) is 25.3 Å². The van der Waals surface area contributed by atoms with Crippen LogP contribution in [0.25, 0.3) is 0 Å². The van der Waals surface area contributed by atoms with Crippen LogP contribution in [0.5, 0.6) is 5.88 Å². The summed E-state index contributed by atoms with van der Waals surface area (Å²) in [6, 6.07) is 1.96. The zero-order valence-corrected chi connectivity index (χ0v) is 8.70. The largest absolute Gasteiger partial charge is 0.481 e. The Bertz CT molecular complexity index is 375. The van der Waals surface area contributed by atoms with Gasteiger partial charge in [-0.3, -0.25) is 4.79 Å². The number of carboxylic acids is 1. The molecule has 1 aromatic heterocycles. The second-order valence-electron chi connectivity index (χ2n) is 3.23. The van der Waals surface area contributed by atoms with Crippen molar-refractivity contribution in [3.05, 3.63) is 23.9 Å². The molecular formula is C10H10F3NO3. The van der Waals surface area contributed by atoms with Gasteiger partial charge in [0.15, 0.2) is 0 Å². The highest BCUT2D eigenvalue weighted by molar-refractivity contribution is 5.66. The van der Waals surface area contributed by atoms with Gasteiger partial charge in [-0.25, -0.2) is 4.98 Å². The quantitative estimate of drug-likeness (QED) is 0.814. The van der Waals surface area contributed by atoms with Crippen LogP contribution >= 0.6 is 0 Å². The first-order valence-corrected chi connectivity index (χ1v) is 4.77. The average Bonchev–Trinajstić information content (AvgIpc) is 2.23. The Morgan fingerprint density at radius 2 is 2.12 bits per heavy atom. The lowest BCUT2D eigenvalue weighted by Gasteiger charge is -2.07. The Morgan fingerprint density at radius 1 is 1.41 bits per heavy atom. The van der Waals surface area contributed by atoms with Crippen LogP contribution in [0.2, 0.25) is 0 Å². The van der Waals surface area contributed by atoms with E-state index in [0.29, 0.717) is 6.20 Å². The lowest BCUT2D eigenvalue weighted by Crippen LogP contribution is -2.06. The third-order valence-electron chi connectivity index (χ3n) is 1.85. The van der Waals surface area contributed by atoms with Gasteiger partial charge in [0.1, 0.15) is 0 Å². The number of aliphatic carboxylic acids is 1. The predicted molar refractivity (Wildman–Crippen MR) is 51.6 cm³/mol. The van der Waals surface area contributed by atoms with E-state index in [1.54, 1.807) is 0 Å². The van der Waals surface area contributed by atoms with Crippen molar-refractivity contribution in [3.8, 4) is 5.88 Å². The van der Waals surface area contributed by atoms with Crippen molar-refractivity contribution in [2.75, 3.05) is 6.61 Å². The van der Waals surface area contributed by atoms with Crippen molar-refractivity contribution in [1.82, 2.24) is 4.98 Å². The molecule has 0 atom stereocenters. The van der Waals surface area contributed by atoms with Crippen molar-refractivity contribution < 1.29 is 27.8 Å². The molecule has 1 rings (SSSR count). The van der Waals surface area contributed by atoms with Gasteiger partial charge in [-0.05, 0) is 12.5 Å². The van der Waals surface area contributed by atoms with Gasteiger partial charge in [0.25, 0.3) is 0 Å². The summed E-state index contributed by atoms with van der Waals surface area (Å²) in [5.41, 5.74) is -0.851. The molecule has 0 aliphatic carbocycles. The first-order chi connectivity index (χ1) is 7.89. The summed E-state index contributed by atoms with van der Waals surface area (Å²) in [6.45, 7) is 0.102. The smallest absolute Gasteiger partial charge is 0.417 e. The molecule has 1 heterocycles. The number of alkyl halides is 3. The second kappa shape index (κ2) is 5.51. The van der Waals surface area contributed by atoms with E-state index in [1.165, 1.54) is 0 Å². The molecule has 1 N–H and O–H groups in total. The van der Waals surface area contributed by atoms with E-state index in [0.717, 1.165) is 12.1 Å². The van der Waals surface area contributed by atoms with Gasteiger partial charge in [0.05, 0.1) is 12.2 Å². The number of aromatic nitrogens is 1. The Hall–Kier alpha value is -1.79. The molecule has 0 aromatic carbocycles. The third-order valence-corrected chi connectivity index (χ3v) is 1.85.